The van der Waals surface area contributed by atoms with Crippen LogP contribution in [0.3, 0.4) is 0 Å². The van der Waals surface area contributed by atoms with Crippen LogP contribution in [0, 0.1) is 0 Å². The lowest BCUT2D eigenvalue weighted by Crippen LogP contribution is -2.55. The molecule has 0 unspecified atom stereocenters. The summed E-state index contributed by atoms with van der Waals surface area (Å²) in [6.07, 6.45) is -1.00. The zero-order valence-corrected chi connectivity index (χ0v) is 28.3. The highest BCUT2D eigenvalue weighted by Gasteiger charge is 2.31. The van der Waals surface area contributed by atoms with Crippen LogP contribution in [-0.4, -0.2) is 118 Å². The maximum Gasteiger partial charge on any atom is 0.308 e. The van der Waals surface area contributed by atoms with Gasteiger partial charge in [-0.2, -0.15) is 0 Å². The highest BCUT2D eigenvalue weighted by Crippen LogP contribution is 2.10. The number of nitrogens with zero attached hydrogens (tertiary/aromatic N) is 4. The topological polar surface area (TPSA) is 236 Å². The molecular formula is C31H50N8O9. The summed E-state index contributed by atoms with van der Waals surface area (Å²) in [5.41, 5.74) is 13.5. The fourth-order valence-corrected chi connectivity index (χ4v) is 4.08. The van der Waals surface area contributed by atoms with Gasteiger partial charge in [-0.05, 0) is 31.9 Å². The van der Waals surface area contributed by atoms with Gasteiger partial charge >= 0.3 is 11.9 Å². The number of rotatable bonds is 18. The van der Waals surface area contributed by atoms with Gasteiger partial charge in [0.2, 0.25) is 17.7 Å². The fraction of sp³-hybridized carbons (Fsp3) is 0.645. The molecule has 0 aromatic heterocycles. The van der Waals surface area contributed by atoms with E-state index < -0.39 is 60.2 Å². The van der Waals surface area contributed by atoms with Crippen LogP contribution in [0.15, 0.2) is 35.4 Å². The van der Waals surface area contributed by atoms with Crippen LogP contribution >= 0.6 is 0 Å². The molecule has 17 heteroatoms. The summed E-state index contributed by atoms with van der Waals surface area (Å²) in [6, 6.07) is 6.17. The van der Waals surface area contributed by atoms with E-state index in [-0.39, 0.29) is 32.9 Å². The second kappa shape index (κ2) is 23.9. The number of benzene rings is 1. The van der Waals surface area contributed by atoms with E-state index in [4.69, 9.17) is 30.2 Å². The zero-order chi connectivity index (χ0) is 35.8. The molecule has 1 heterocycles. The SMILES string of the molecule is CC(=O)N[C@@H](CC(=O)OCc1ccccc1)C(=O)N[C@@H](CC(=O)OC(C)(C)C)C(=O)NCCOCCN=[N+]=[N-].NCCN1CCOCC1. The number of carbonyl (C=O) groups is 5. The number of carbonyl (C=O) groups excluding carboxylic acids is 5. The summed E-state index contributed by atoms with van der Waals surface area (Å²) < 4.78 is 20.8. The average Bonchev–Trinajstić information content (AvgIpc) is 3.03. The number of hydrogen-bond donors (Lipinski definition) is 4. The van der Waals surface area contributed by atoms with E-state index in [0.717, 1.165) is 45.0 Å². The van der Waals surface area contributed by atoms with E-state index in [1.165, 1.54) is 6.92 Å². The van der Waals surface area contributed by atoms with Crippen molar-refractivity contribution in [2.45, 2.75) is 64.8 Å². The molecule has 2 rings (SSSR count). The standard InChI is InChI=1S/C25H36N6O8.C6H14N2O/c1-17(32)29-20(14-21(33)38-16-18-8-6-5-7-9-18)24(36)30-19(15-22(34)39-25(2,3)4)23(35)27-10-12-37-13-11-28-31-26;7-1-2-8-3-5-9-6-4-8/h5-9,19-20H,10-16H2,1-4H3,(H,27,35)(H,29,32)(H,30,36);1-7H2/t19-,20-;/m0./s1. The molecule has 0 saturated carbocycles. The third-order valence-corrected chi connectivity index (χ3v) is 6.22. The van der Waals surface area contributed by atoms with Crippen molar-refractivity contribution in [1.82, 2.24) is 20.9 Å². The molecule has 5 N–H and O–H groups in total. The molecule has 1 fully saturated rings. The summed E-state index contributed by atoms with van der Waals surface area (Å²) >= 11 is 0. The monoisotopic (exact) mass is 678 g/mol. The number of amides is 3. The Bertz CT molecular complexity index is 1180. The quantitative estimate of drug-likeness (QED) is 0.0550. The van der Waals surface area contributed by atoms with Crippen LogP contribution in [0.4, 0.5) is 0 Å². The lowest BCUT2D eigenvalue weighted by atomic mass is 10.1. The Morgan fingerprint density at radius 3 is 2.25 bits per heavy atom. The number of nitrogens with two attached hydrogens (primary N) is 1. The number of nitrogens with one attached hydrogen (secondary N) is 3. The van der Waals surface area contributed by atoms with Gasteiger partial charge in [-0.1, -0.05) is 35.4 Å². The van der Waals surface area contributed by atoms with Crippen molar-refractivity contribution in [1.29, 1.82) is 0 Å². The molecule has 2 atom stereocenters. The van der Waals surface area contributed by atoms with Crippen molar-refractivity contribution in [3.8, 4) is 0 Å². The van der Waals surface area contributed by atoms with Crippen molar-refractivity contribution in [3.05, 3.63) is 46.3 Å². The minimum absolute atomic E-state index is 0.0251. The molecule has 0 aliphatic carbocycles. The zero-order valence-electron chi connectivity index (χ0n) is 28.3. The summed E-state index contributed by atoms with van der Waals surface area (Å²) in [5.74, 6) is -3.65. The Balaban J connectivity index is 0.00000110. The van der Waals surface area contributed by atoms with Gasteiger partial charge < -0.3 is 40.6 Å². The third-order valence-electron chi connectivity index (χ3n) is 6.22. The predicted molar refractivity (Wildman–Crippen MR) is 175 cm³/mol. The maximum absolute atomic E-state index is 13.0. The van der Waals surface area contributed by atoms with Crippen molar-refractivity contribution in [3.63, 3.8) is 0 Å². The highest BCUT2D eigenvalue weighted by molar-refractivity contribution is 5.95. The molecule has 1 aromatic rings. The molecule has 1 aromatic carbocycles. The van der Waals surface area contributed by atoms with Crippen LogP contribution < -0.4 is 21.7 Å². The highest BCUT2D eigenvalue weighted by atomic mass is 16.6. The van der Waals surface area contributed by atoms with E-state index in [0.29, 0.717) is 0 Å². The lowest BCUT2D eigenvalue weighted by molar-refractivity contribution is -0.157. The second-order valence-corrected chi connectivity index (χ2v) is 11.6. The van der Waals surface area contributed by atoms with Crippen LogP contribution in [0.5, 0.6) is 0 Å². The number of hydrogen-bond acceptors (Lipinski definition) is 12. The van der Waals surface area contributed by atoms with Gasteiger partial charge in [-0.3, -0.25) is 28.9 Å². The predicted octanol–water partition coefficient (Wildman–Crippen LogP) is 0.562. The molecule has 3 amide bonds. The molecule has 0 spiro atoms. The molecule has 0 radical (unpaired) electrons. The van der Waals surface area contributed by atoms with Gasteiger partial charge in [0.05, 0.1) is 39.3 Å². The Hall–Kier alpha value is -4.28. The summed E-state index contributed by atoms with van der Waals surface area (Å²) in [7, 11) is 0. The fourth-order valence-electron chi connectivity index (χ4n) is 4.08. The molecule has 1 aliphatic rings. The first kappa shape index (κ1) is 41.7. The smallest absolute Gasteiger partial charge is 0.308 e. The Kier molecular flexibility index (Phi) is 20.8. The second-order valence-electron chi connectivity index (χ2n) is 11.6. The Labute approximate surface area is 281 Å². The minimum Gasteiger partial charge on any atom is -0.461 e. The van der Waals surface area contributed by atoms with Gasteiger partial charge in [0.1, 0.15) is 24.3 Å². The van der Waals surface area contributed by atoms with Gasteiger partial charge in [0, 0.05) is 51.1 Å². The first-order valence-electron chi connectivity index (χ1n) is 15.7. The van der Waals surface area contributed by atoms with Gasteiger partial charge in [-0.25, -0.2) is 0 Å². The third kappa shape index (κ3) is 20.8. The first-order valence-corrected chi connectivity index (χ1v) is 15.7. The molecule has 1 aliphatic heterocycles. The summed E-state index contributed by atoms with van der Waals surface area (Å²) in [6.45, 7) is 12.1. The molecule has 17 nitrogen and oxygen atoms in total. The molecule has 268 valence electrons. The number of azide groups is 1. The molecule has 1 saturated heterocycles. The van der Waals surface area contributed by atoms with Crippen LogP contribution in [-0.2, 0) is 49.5 Å². The lowest BCUT2D eigenvalue weighted by Gasteiger charge is -2.25. The Morgan fingerprint density at radius 2 is 1.65 bits per heavy atom. The van der Waals surface area contributed by atoms with E-state index >= 15 is 0 Å². The molecule has 0 bridgehead atoms. The number of esters is 2. The Morgan fingerprint density at radius 1 is 1.00 bits per heavy atom. The number of ether oxygens (including phenoxy) is 4. The van der Waals surface area contributed by atoms with Crippen molar-refractivity contribution < 1.29 is 42.9 Å². The van der Waals surface area contributed by atoms with Crippen molar-refractivity contribution in [2.24, 2.45) is 10.8 Å². The summed E-state index contributed by atoms with van der Waals surface area (Å²) in [4.78, 5) is 67.3. The number of morpholine rings is 1. The maximum atomic E-state index is 13.0. The van der Waals surface area contributed by atoms with Gasteiger partial charge in [0.15, 0.2) is 0 Å². The first-order chi connectivity index (χ1) is 22.8. The van der Waals surface area contributed by atoms with Crippen LogP contribution in [0.25, 0.3) is 10.4 Å². The van der Waals surface area contributed by atoms with Crippen LogP contribution in [0.2, 0.25) is 0 Å². The van der Waals surface area contributed by atoms with Gasteiger partial charge in [0.25, 0.3) is 0 Å². The van der Waals surface area contributed by atoms with Crippen LogP contribution in [0.1, 0.15) is 46.1 Å². The van der Waals surface area contributed by atoms with E-state index in [2.05, 4.69) is 30.9 Å². The van der Waals surface area contributed by atoms with Gasteiger partial charge in [-0.15, -0.1) is 0 Å². The molecule has 48 heavy (non-hydrogen) atoms. The minimum atomic E-state index is -1.37. The largest absolute Gasteiger partial charge is 0.461 e. The average molecular weight is 679 g/mol. The summed E-state index contributed by atoms with van der Waals surface area (Å²) in [5, 5.41) is 10.6. The van der Waals surface area contributed by atoms with Crippen molar-refractivity contribution in [2.75, 3.05) is 65.7 Å². The molecular weight excluding hydrogens is 628 g/mol. The van der Waals surface area contributed by atoms with E-state index in [1.54, 1.807) is 45.0 Å². The normalized spacial score (nSPS) is 14.1. The van der Waals surface area contributed by atoms with E-state index in [1.807, 2.05) is 6.07 Å². The van der Waals surface area contributed by atoms with Crippen molar-refractivity contribution >= 4 is 29.7 Å². The van der Waals surface area contributed by atoms with E-state index in [9.17, 15) is 24.0 Å².